The van der Waals surface area contributed by atoms with Gasteiger partial charge in [-0.25, -0.2) is 0 Å². The van der Waals surface area contributed by atoms with E-state index >= 15 is 0 Å². The Bertz CT molecular complexity index is 1490. The number of carbonyl (C=O) groups excluding carboxylic acids is 2. The van der Waals surface area contributed by atoms with Crippen LogP contribution >= 0.6 is 0 Å². The van der Waals surface area contributed by atoms with Crippen molar-refractivity contribution in [1.29, 1.82) is 0 Å². The fourth-order valence-corrected chi connectivity index (χ4v) is 6.48. The molecule has 0 heterocycles. The maximum absolute atomic E-state index is 12.9. The molecule has 0 N–H and O–H groups in total. The second-order valence-corrected chi connectivity index (χ2v) is 14.5. The fourth-order valence-electron chi connectivity index (χ4n) is 6.48. The maximum atomic E-state index is 12.9. The number of hydrogen-bond acceptors (Lipinski definition) is 8. The van der Waals surface area contributed by atoms with Gasteiger partial charge in [0, 0.05) is 47.6 Å². The van der Waals surface area contributed by atoms with Crippen LogP contribution in [0.4, 0.5) is 0 Å². The molecule has 0 radical (unpaired) electrons. The predicted molar refractivity (Wildman–Crippen MR) is 220 cm³/mol. The molecule has 0 aromatic heterocycles. The Morgan fingerprint density at radius 1 is 0.500 bits per heavy atom. The van der Waals surface area contributed by atoms with Crippen molar-refractivity contribution in [2.45, 2.75) is 156 Å². The van der Waals surface area contributed by atoms with Crippen LogP contribution in [-0.4, -0.2) is 63.8 Å². The van der Waals surface area contributed by atoms with E-state index in [1.54, 1.807) is 0 Å². The van der Waals surface area contributed by atoms with E-state index in [-0.39, 0.29) is 38.4 Å². The predicted octanol–water partition coefficient (Wildman–Crippen LogP) is 11.5. The number of rotatable bonds is 31. The van der Waals surface area contributed by atoms with Crippen molar-refractivity contribution >= 4 is 33.5 Å². The molecule has 0 amide bonds. The first kappa shape index (κ1) is 45.0. The van der Waals surface area contributed by atoms with Crippen LogP contribution in [0, 0.1) is 0 Å². The zero-order valence-corrected chi connectivity index (χ0v) is 34.2. The highest BCUT2D eigenvalue weighted by atomic mass is 16.6. The first-order chi connectivity index (χ1) is 26.4. The lowest BCUT2D eigenvalue weighted by Crippen LogP contribution is -2.30. The van der Waals surface area contributed by atoms with Crippen LogP contribution < -0.4 is 9.47 Å². The minimum absolute atomic E-state index is 0.162. The average molecular weight is 751 g/mol. The van der Waals surface area contributed by atoms with Crippen LogP contribution in [0.5, 0.6) is 11.5 Å². The molecule has 54 heavy (non-hydrogen) atoms. The van der Waals surface area contributed by atoms with Crippen molar-refractivity contribution in [3.05, 3.63) is 48.0 Å². The third kappa shape index (κ3) is 16.2. The quantitative estimate of drug-likeness (QED) is 0.0365. The summed E-state index contributed by atoms with van der Waals surface area (Å²) in [7, 11) is 0. The topological polar surface area (TPSA) is 89.5 Å². The monoisotopic (exact) mass is 751 g/mol. The van der Waals surface area contributed by atoms with E-state index in [0.29, 0.717) is 37.6 Å². The number of ether oxygens (including phenoxy) is 6. The molecule has 3 aromatic carbocycles. The van der Waals surface area contributed by atoms with Crippen LogP contribution in [0.2, 0.25) is 0 Å². The number of unbranched alkanes of at least 4 members (excludes halogenated alkanes) is 10. The smallest absolute Gasteiger partial charge is 0.306 e. The number of aryl methyl sites for hydroxylation is 1. The van der Waals surface area contributed by atoms with E-state index in [9.17, 15) is 9.59 Å². The van der Waals surface area contributed by atoms with Gasteiger partial charge in [-0.1, -0.05) is 135 Å². The molecule has 8 heteroatoms. The van der Waals surface area contributed by atoms with Crippen molar-refractivity contribution < 1.29 is 38.0 Å². The van der Waals surface area contributed by atoms with Crippen LogP contribution in [0.15, 0.2) is 42.5 Å². The SMILES string of the molecule is CCCCCCC(=O)OC(COCCCCC)COc1c2ccccc2c(OCC(COCCCCC)OC(=O)CCCCCC)c2cc(CC)ccc12. The Kier molecular flexibility index (Phi) is 22.7. The molecular formula is C46H70O8. The van der Waals surface area contributed by atoms with Gasteiger partial charge in [0.15, 0.2) is 12.2 Å². The zero-order valence-electron chi connectivity index (χ0n) is 34.2. The van der Waals surface area contributed by atoms with Gasteiger partial charge in [0.05, 0.1) is 13.2 Å². The standard InChI is InChI=1S/C46H70O8/c1-6-11-15-17-25-43(47)53-37(32-49-29-21-13-8-3)34-51-45-39-23-19-20-24-40(39)46(42-31-36(10-5)27-28-41(42)45)52-35-38(33-50-30-22-14-9-4)54-44(48)26-18-16-12-7-2/h19-20,23-24,27-28,31,37-38H,6-18,21-22,25-26,29-30,32-35H2,1-5H3. The maximum Gasteiger partial charge on any atom is 0.306 e. The molecule has 0 bridgehead atoms. The van der Waals surface area contributed by atoms with Crippen LogP contribution in [0.1, 0.15) is 143 Å². The number of hydrogen-bond donors (Lipinski definition) is 0. The molecule has 3 rings (SSSR count). The van der Waals surface area contributed by atoms with Crippen LogP contribution in [0.25, 0.3) is 21.5 Å². The van der Waals surface area contributed by atoms with E-state index in [4.69, 9.17) is 28.4 Å². The third-order valence-electron chi connectivity index (χ3n) is 9.68. The summed E-state index contributed by atoms with van der Waals surface area (Å²) in [6.07, 6.45) is 15.0. The lowest BCUT2D eigenvalue weighted by Gasteiger charge is -2.23. The number of benzene rings is 3. The summed E-state index contributed by atoms with van der Waals surface area (Å²) in [5.74, 6) is 0.995. The third-order valence-corrected chi connectivity index (χ3v) is 9.68. The van der Waals surface area contributed by atoms with Gasteiger partial charge in [0.25, 0.3) is 0 Å². The van der Waals surface area contributed by atoms with Crippen molar-refractivity contribution in [3.63, 3.8) is 0 Å². The van der Waals surface area contributed by atoms with E-state index in [1.807, 2.05) is 24.3 Å². The zero-order chi connectivity index (χ0) is 38.8. The van der Waals surface area contributed by atoms with Crippen LogP contribution in [0.3, 0.4) is 0 Å². The number of esters is 2. The largest absolute Gasteiger partial charge is 0.488 e. The molecule has 8 nitrogen and oxygen atoms in total. The van der Waals surface area contributed by atoms with Gasteiger partial charge in [0.2, 0.25) is 0 Å². The molecule has 0 aliphatic heterocycles. The molecule has 2 unspecified atom stereocenters. The summed E-state index contributed by atoms with van der Waals surface area (Å²) < 4.78 is 37.3. The van der Waals surface area contributed by atoms with Gasteiger partial charge >= 0.3 is 11.9 Å². The van der Waals surface area contributed by atoms with Crippen molar-refractivity contribution in [1.82, 2.24) is 0 Å². The molecule has 0 aliphatic rings. The minimum atomic E-state index is -0.542. The Balaban J connectivity index is 1.89. The van der Waals surface area contributed by atoms with Gasteiger partial charge in [-0.2, -0.15) is 0 Å². The average Bonchev–Trinajstić information content (AvgIpc) is 3.18. The molecular weight excluding hydrogens is 680 g/mol. The Morgan fingerprint density at radius 3 is 1.41 bits per heavy atom. The van der Waals surface area contributed by atoms with E-state index < -0.39 is 12.2 Å². The first-order valence-corrected chi connectivity index (χ1v) is 21.2. The highest BCUT2D eigenvalue weighted by Gasteiger charge is 2.23. The van der Waals surface area contributed by atoms with Crippen molar-refractivity contribution in [2.75, 3.05) is 39.6 Å². The molecule has 0 spiro atoms. The summed E-state index contributed by atoms with van der Waals surface area (Å²) in [6, 6.07) is 14.4. The summed E-state index contributed by atoms with van der Waals surface area (Å²) in [5, 5.41) is 3.59. The molecule has 302 valence electrons. The highest BCUT2D eigenvalue weighted by Crippen LogP contribution is 2.43. The summed E-state index contributed by atoms with van der Waals surface area (Å²) in [4.78, 5) is 25.8. The van der Waals surface area contributed by atoms with Crippen LogP contribution in [-0.2, 0) is 35.0 Å². The first-order valence-electron chi connectivity index (χ1n) is 21.2. The van der Waals surface area contributed by atoms with E-state index in [1.165, 1.54) is 5.56 Å². The lowest BCUT2D eigenvalue weighted by molar-refractivity contribution is -0.155. The summed E-state index contributed by atoms with van der Waals surface area (Å²) >= 11 is 0. The lowest BCUT2D eigenvalue weighted by atomic mass is 9.98. The minimum Gasteiger partial charge on any atom is -0.488 e. The van der Waals surface area contributed by atoms with Gasteiger partial charge < -0.3 is 28.4 Å². The Morgan fingerprint density at radius 2 is 0.944 bits per heavy atom. The second-order valence-electron chi connectivity index (χ2n) is 14.5. The summed E-state index contributed by atoms with van der Waals surface area (Å²) in [5.41, 5.74) is 1.17. The van der Waals surface area contributed by atoms with Crippen molar-refractivity contribution in [2.24, 2.45) is 0 Å². The Hall–Kier alpha value is -3.36. The van der Waals surface area contributed by atoms with E-state index in [0.717, 1.165) is 118 Å². The Labute approximate surface area is 325 Å². The molecule has 3 aromatic rings. The molecule has 0 aliphatic carbocycles. The number of fused-ring (bicyclic) bond motifs is 2. The second kappa shape index (κ2) is 27.3. The van der Waals surface area contributed by atoms with Crippen molar-refractivity contribution in [3.8, 4) is 11.5 Å². The number of carbonyl (C=O) groups is 2. The van der Waals surface area contributed by atoms with Gasteiger partial charge in [0.1, 0.15) is 24.7 Å². The summed E-state index contributed by atoms with van der Waals surface area (Å²) in [6.45, 7) is 12.9. The van der Waals surface area contributed by atoms with Gasteiger partial charge in [-0.15, -0.1) is 0 Å². The molecule has 0 saturated carbocycles. The normalized spacial score (nSPS) is 12.5. The van der Waals surface area contributed by atoms with E-state index in [2.05, 4.69) is 52.8 Å². The van der Waals surface area contributed by atoms with Gasteiger partial charge in [-0.05, 0) is 43.7 Å². The van der Waals surface area contributed by atoms with Gasteiger partial charge in [-0.3, -0.25) is 9.59 Å². The fraction of sp³-hybridized carbons (Fsp3) is 0.652. The highest BCUT2D eigenvalue weighted by molar-refractivity contribution is 6.11. The molecule has 0 fully saturated rings. The molecule has 0 saturated heterocycles. The molecule has 2 atom stereocenters.